The number of hydrogen-bond donors (Lipinski definition) is 0. The number of benzene rings is 2. The highest BCUT2D eigenvalue weighted by molar-refractivity contribution is 6.07. The van der Waals surface area contributed by atoms with Gasteiger partial charge in [0, 0.05) is 5.92 Å². The van der Waals surface area contributed by atoms with Gasteiger partial charge in [0.05, 0.1) is 5.41 Å². The van der Waals surface area contributed by atoms with Crippen LogP contribution in [0, 0.1) is 0 Å². The predicted molar refractivity (Wildman–Crippen MR) is 93.9 cm³/mol. The van der Waals surface area contributed by atoms with Gasteiger partial charge < -0.3 is 4.43 Å². The largest absolute Gasteiger partial charge is 0.528 e. The fourth-order valence-corrected chi connectivity index (χ4v) is 3.64. The Hall–Kier alpha value is -1.87. The molecule has 116 valence electrons. The molecule has 0 radical (unpaired) electrons. The molecular weight excluding hydrogens is 288 g/mol. The van der Waals surface area contributed by atoms with Gasteiger partial charge in [-0.25, -0.2) is 0 Å². The van der Waals surface area contributed by atoms with E-state index in [0.717, 1.165) is 18.4 Å². The molecule has 0 spiro atoms. The predicted octanol–water partition coefficient (Wildman–Crippen LogP) is 3.35. The maximum absolute atomic E-state index is 12.7. The summed E-state index contributed by atoms with van der Waals surface area (Å²) in [5, 5.41) is 0. The van der Waals surface area contributed by atoms with E-state index in [0.29, 0.717) is 10.5 Å². The van der Waals surface area contributed by atoms with Crippen LogP contribution < -0.4 is 0 Å². The van der Waals surface area contributed by atoms with Crippen LogP contribution in [-0.4, -0.2) is 16.5 Å². The minimum atomic E-state index is -0.652. The number of hydrogen-bond acceptors (Lipinski definition) is 2. The zero-order chi connectivity index (χ0) is 16.0. The first-order chi connectivity index (χ1) is 10.6. The van der Waals surface area contributed by atoms with Crippen molar-refractivity contribution in [3.8, 4) is 0 Å². The summed E-state index contributed by atoms with van der Waals surface area (Å²) in [5.74, 6) is -0.00443. The molecule has 0 aromatic heterocycles. The zero-order valence-corrected chi connectivity index (χ0v) is 15.6. The number of carbonyl (C=O) groups excluding carboxylic acids is 1. The fourth-order valence-electron chi connectivity index (χ4n) is 3.22. The zero-order valence-electron chi connectivity index (χ0n) is 13.6. The summed E-state index contributed by atoms with van der Waals surface area (Å²) in [5.41, 5.74) is 1.57. The first-order valence-electron chi connectivity index (χ1n) is 7.83. The quantitative estimate of drug-likeness (QED) is 0.765. The monoisotopic (exact) mass is 312 g/mol. The van der Waals surface area contributed by atoms with Crippen molar-refractivity contribution in [1.82, 2.24) is 0 Å². The standard InChI is InChI=1S/C19H24O2Si/c1-3-10-17(15-11-6-4-7-12-15)19(2,18(20)21-22)16-13-8-5-9-14-16/h4-9,11-14,17H,3,10H2,1-2,22H3. The molecule has 0 fully saturated rings. The summed E-state index contributed by atoms with van der Waals surface area (Å²) < 4.78 is 5.32. The van der Waals surface area contributed by atoms with Gasteiger partial charge in [-0.05, 0) is 24.5 Å². The van der Waals surface area contributed by atoms with Crippen molar-refractivity contribution in [2.75, 3.05) is 0 Å². The van der Waals surface area contributed by atoms with Crippen LogP contribution in [0.5, 0.6) is 0 Å². The van der Waals surface area contributed by atoms with Crippen molar-refractivity contribution in [2.24, 2.45) is 0 Å². The molecule has 3 heteroatoms. The second kappa shape index (κ2) is 7.41. The van der Waals surface area contributed by atoms with E-state index in [4.69, 9.17) is 4.43 Å². The molecule has 0 aliphatic heterocycles. The molecule has 0 amide bonds. The second-order valence-electron chi connectivity index (χ2n) is 5.81. The Morgan fingerprint density at radius 1 is 1.09 bits per heavy atom. The van der Waals surface area contributed by atoms with E-state index < -0.39 is 5.41 Å². The molecule has 0 heterocycles. The van der Waals surface area contributed by atoms with Crippen LogP contribution in [0.25, 0.3) is 0 Å². The Morgan fingerprint density at radius 3 is 2.14 bits per heavy atom. The van der Waals surface area contributed by atoms with Crippen LogP contribution in [0.2, 0.25) is 0 Å². The van der Waals surface area contributed by atoms with Crippen LogP contribution in [-0.2, 0) is 14.6 Å². The van der Waals surface area contributed by atoms with E-state index in [1.807, 2.05) is 55.5 Å². The first-order valence-corrected chi connectivity index (χ1v) is 8.65. The molecule has 2 aromatic carbocycles. The Bertz CT molecular complexity index is 597. The summed E-state index contributed by atoms with van der Waals surface area (Å²) in [6, 6.07) is 20.3. The molecule has 0 aliphatic carbocycles. The van der Waals surface area contributed by atoms with Gasteiger partial charge in [-0.3, -0.25) is 4.79 Å². The number of rotatable bonds is 6. The highest BCUT2D eigenvalue weighted by atomic mass is 28.2. The second-order valence-corrected chi connectivity index (χ2v) is 6.22. The van der Waals surface area contributed by atoms with Gasteiger partial charge in [-0.15, -0.1) is 0 Å². The molecule has 22 heavy (non-hydrogen) atoms. The van der Waals surface area contributed by atoms with Crippen LogP contribution in [0.4, 0.5) is 0 Å². The first kappa shape index (κ1) is 16.5. The molecule has 2 aromatic rings. The minimum absolute atomic E-state index is 0.113. The SMILES string of the molecule is CCCC(c1ccccc1)C(C)(C(=O)O[SiH3])c1ccccc1. The van der Waals surface area contributed by atoms with Crippen molar-refractivity contribution in [2.45, 2.75) is 38.0 Å². The normalized spacial score (nSPS) is 15.0. The molecule has 0 N–H and O–H groups in total. The van der Waals surface area contributed by atoms with E-state index in [1.54, 1.807) is 0 Å². The van der Waals surface area contributed by atoms with Crippen molar-refractivity contribution in [1.29, 1.82) is 0 Å². The maximum atomic E-state index is 12.7. The molecular formula is C19H24O2Si. The lowest BCUT2D eigenvalue weighted by atomic mass is 9.67. The van der Waals surface area contributed by atoms with Crippen molar-refractivity contribution >= 4 is 16.5 Å². The van der Waals surface area contributed by atoms with Crippen molar-refractivity contribution in [3.05, 3.63) is 71.8 Å². The van der Waals surface area contributed by atoms with Crippen molar-refractivity contribution in [3.63, 3.8) is 0 Å². The lowest BCUT2D eigenvalue weighted by molar-refractivity contribution is -0.141. The molecule has 2 atom stereocenters. The Labute approximate surface area is 136 Å². The van der Waals surface area contributed by atoms with E-state index in [1.165, 1.54) is 5.56 Å². The van der Waals surface area contributed by atoms with Gasteiger partial charge in [0.2, 0.25) is 10.5 Å². The van der Waals surface area contributed by atoms with E-state index in [9.17, 15) is 4.79 Å². The van der Waals surface area contributed by atoms with Gasteiger partial charge in [0.1, 0.15) is 0 Å². The van der Waals surface area contributed by atoms with Gasteiger partial charge in [-0.2, -0.15) is 0 Å². The lowest BCUT2D eigenvalue weighted by Crippen LogP contribution is -2.40. The average molecular weight is 312 g/mol. The molecule has 0 bridgehead atoms. The van der Waals surface area contributed by atoms with Crippen LogP contribution in [0.15, 0.2) is 60.7 Å². The Morgan fingerprint density at radius 2 is 1.64 bits per heavy atom. The molecule has 2 rings (SSSR count). The summed E-state index contributed by atoms with van der Waals surface area (Å²) in [7, 11) is 0.417. The van der Waals surface area contributed by atoms with Gasteiger partial charge in [-0.1, -0.05) is 74.0 Å². The van der Waals surface area contributed by atoms with Gasteiger partial charge in [0.25, 0.3) is 0 Å². The topological polar surface area (TPSA) is 26.3 Å². The van der Waals surface area contributed by atoms with E-state index in [2.05, 4.69) is 19.1 Å². The summed E-state index contributed by atoms with van der Waals surface area (Å²) in [6.45, 7) is 4.18. The maximum Gasteiger partial charge on any atom is 0.302 e. The molecule has 0 saturated heterocycles. The van der Waals surface area contributed by atoms with Crippen molar-refractivity contribution < 1.29 is 9.22 Å². The van der Waals surface area contributed by atoms with Crippen LogP contribution in [0.3, 0.4) is 0 Å². The molecule has 0 aliphatic rings. The van der Waals surface area contributed by atoms with Gasteiger partial charge >= 0.3 is 5.97 Å². The Kier molecular flexibility index (Phi) is 5.55. The third-order valence-corrected chi connectivity index (χ3v) is 4.83. The van der Waals surface area contributed by atoms with E-state index >= 15 is 0 Å². The average Bonchev–Trinajstić information content (AvgIpc) is 2.59. The highest BCUT2D eigenvalue weighted by Gasteiger charge is 2.43. The summed E-state index contributed by atoms with van der Waals surface area (Å²) >= 11 is 0. The van der Waals surface area contributed by atoms with Crippen LogP contribution >= 0.6 is 0 Å². The van der Waals surface area contributed by atoms with Gasteiger partial charge in [0.15, 0.2) is 0 Å². The third kappa shape index (κ3) is 3.14. The lowest BCUT2D eigenvalue weighted by Gasteiger charge is -2.36. The minimum Gasteiger partial charge on any atom is -0.528 e. The van der Waals surface area contributed by atoms with E-state index in [-0.39, 0.29) is 11.9 Å². The number of carbonyl (C=O) groups is 1. The highest BCUT2D eigenvalue weighted by Crippen LogP contribution is 2.42. The summed E-state index contributed by atoms with van der Waals surface area (Å²) in [6.07, 6.45) is 1.97. The third-order valence-electron chi connectivity index (χ3n) is 4.46. The van der Waals surface area contributed by atoms with Crippen LogP contribution in [0.1, 0.15) is 43.7 Å². The smallest absolute Gasteiger partial charge is 0.302 e. The Balaban J connectivity index is 2.57. The fraction of sp³-hybridized carbons (Fsp3) is 0.316. The molecule has 2 nitrogen and oxygen atoms in total. The molecule has 2 unspecified atom stereocenters. The molecule has 0 saturated carbocycles. The summed E-state index contributed by atoms with van der Waals surface area (Å²) in [4.78, 5) is 12.7.